The summed E-state index contributed by atoms with van der Waals surface area (Å²) in [6.07, 6.45) is 5.07. The van der Waals surface area contributed by atoms with Gasteiger partial charge in [0.05, 0.1) is 38.2 Å². The van der Waals surface area contributed by atoms with Crippen LogP contribution in [0, 0.1) is 11.3 Å². The number of ether oxygens (including phenoxy) is 2. The molecule has 1 amide bonds. The van der Waals surface area contributed by atoms with Gasteiger partial charge in [0, 0.05) is 5.56 Å². The van der Waals surface area contributed by atoms with Crippen molar-refractivity contribution in [3.63, 3.8) is 0 Å². The highest BCUT2D eigenvalue weighted by molar-refractivity contribution is 5.94. The predicted molar refractivity (Wildman–Crippen MR) is 105 cm³/mol. The minimum absolute atomic E-state index is 0.0287. The lowest BCUT2D eigenvalue weighted by atomic mass is 9.82. The normalized spacial score (nSPS) is 27.2. The average Bonchev–Trinajstić information content (AvgIpc) is 3.06. The number of carbonyl (C=O) groups excluding carboxylic acids is 2. The number of amidine groups is 1. The summed E-state index contributed by atoms with van der Waals surface area (Å²) in [5, 5.41) is 10.4. The Labute approximate surface area is 165 Å². The van der Waals surface area contributed by atoms with Crippen molar-refractivity contribution in [2.45, 2.75) is 56.6 Å². The molecule has 1 aliphatic carbocycles. The molecule has 0 unspecified atom stereocenters. The third-order valence-electron chi connectivity index (χ3n) is 5.83. The maximum absolute atomic E-state index is 12.0. The molecule has 0 radical (unpaired) electrons. The highest BCUT2D eigenvalue weighted by Gasteiger charge is 2.34. The largest absolute Gasteiger partial charge is 0.469 e. The fourth-order valence-corrected chi connectivity index (χ4v) is 4.15. The lowest BCUT2D eigenvalue weighted by Gasteiger charge is -2.29. The minimum Gasteiger partial charge on any atom is -0.469 e. The quantitative estimate of drug-likeness (QED) is 0.376. The number of rotatable bonds is 7. The molecule has 2 atom stereocenters. The lowest BCUT2D eigenvalue weighted by molar-refractivity contribution is -0.143. The Bertz CT molecular complexity index is 711. The van der Waals surface area contributed by atoms with Crippen molar-refractivity contribution in [2.75, 3.05) is 13.7 Å². The van der Waals surface area contributed by atoms with Gasteiger partial charge in [-0.3, -0.25) is 15.0 Å². The number of hydrogen-bond acceptors (Lipinski definition) is 5. The second kappa shape index (κ2) is 9.19. The Morgan fingerprint density at radius 1 is 1.21 bits per heavy atom. The number of methoxy groups -OCH3 is 1. The van der Waals surface area contributed by atoms with Crippen LogP contribution in [0.15, 0.2) is 24.3 Å². The summed E-state index contributed by atoms with van der Waals surface area (Å²) < 4.78 is 10.7. The molecule has 0 spiro atoms. The highest BCUT2D eigenvalue weighted by Crippen LogP contribution is 2.34. The summed E-state index contributed by atoms with van der Waals surface area (Å²) in [5.41, 5.74) is 7.55. The van der Waals surface area contributed by atoms with Crippen LogP contribution in [0.2, 0.25) is 0 Å². The van der Waals surface area contributed by atoms with Crippen molar-refractivity contribution in [1.82, 2.24) is 5.32 Å². The first-order valence-corrected chi connectivity index (χ1v) is 9.89. The van der Waals surface area contributed by atoms with Gasteiger partial charge in [0.15, 0.2) is 0 Å². The number of nitrogen functional groups attached to an aromatic ring is 1. The zero-order chi connectivity index (χ0) is 20.1. The average molecular weight is 387 g/mol. The summed E-state index contributed by atoms with van der Waals surface area (Å²) in [6, 6.07) is 7.93. The molecule has 0 bridgehead atoms. The van der Waals surface area contributed by atoms with Gasteiger partial charge in [0.2, 0.25) is 5.91 Å². The maximum Gasteiger partial charge on any atom is 0.306 e. The van der Waals surface area contributed by atoms with Gasteiger partial charge in [-0.15, -0.1) is 0 Å². The van der Waals surface area contributed by atoms with E-state index in [1.807, 2.05) is 12.1 Å². The van der Waals surface area contributed by atoms with E-state index in [9.17, 15) is 9.59 Å². The first-order valence-electron chi connectivity index (χ1n) is 9.89. The monoisotopic (exact) mass is 387 g/mol. The number of nitrogens with one attached hydrogen (secondary N) is 2. The molecule has 1 saturated carbocycles. The second-order valence-corrected chi connectivity index (χ2v) is 7.76. The van der Waals surface area contributed by atoms with Gasteiger partial charge in [0.1, 0.15) is 5.84 Å². The summed E-state index contributed by atoms with van der Waals surface area (Å²) in [5.74, 6) is -0.143. The topological polar surface area (TPSA) is 114 Å². The number of amides is 1. The van der Waals surface area contributed by atoms with Crippen LogP contribution in [0.5, 0.6) is 0 Å². The molecule has 2 fully saturated rings. The summed E-state index contributed by atoms with van der Waals surface area (Å²) in [7, 11) is 1.34. The first-order chi connectivity index (χ1) is 13.5. The molecule has 1 aliphatic heterocycles. The number of benzene rings is 1. The molecule has 3 rings (SSSR count). The third-order valence-corrected chi connectivity index (χ3v) is 5.83. The number of hydrogen-bond donors (Lipinski definition) is 3. The van der Waals surface area contributed by atoms with Gasteiger partial charge >= 0.3 is 5.97 Å². The van der Waals surface area contributed by atoms with Gasteiger partial charge in [-0.05, 0) is 43.6 Å². The van der Waals surface area contributed by atoms with Crippen molar-refractivity contribution in [3.05, 3.63) is 35.4 Å². The van der Waals surface area contributed by atoms with Crippen molar-refractivity contribution in [1.29, 1.82) is 5.41 Å². The summed E-state index contributed by atoms with van der Waals surface area (Å²) >= 11 is 0. The fraction of sp³-hybridized carbons (Fsp3) is 0.571. The van der Waals surface area contributed by atoms with Crippen molar-refractivity contribution in [3.8, 4) is 0 Å². The molecule has 1 saturated heterocycles. The van der Waals surface area contributed by atoms with Crippen LogP contribution >= 0.6 is 0 Å². The van der Waals surface area contributed by atoms with Crippen LogP contribution < -0.4 is 11.1 Å². The zero-order valence-electron chi connectivity index (χ0n) is 16.3. The second-order valence-electron chi connectivity index (χ2n) is 7.76. The molecule has 7 heteroatoms. The Morgan fingerprint density at radius 2 is 1.89 bits per heavy atom. The van der Waals surface area contributed by atoms with E-state index >= 15 is 0 Å². The van der Waals surface area contributed by atoms with E-state index < -0.39 is 0 Å². The van der Waals surface area contributed by atoms with Crippen molar-refractivity contribution < 1.29 is 19.1 Å². The molecule has 1 aromatic rings. The molecule has 0 aromatic heterocycles. The third kappa shape index (κ3) is 5.10. The highest BCUT2D eigenvalue weighted by atomic mass is 16.5. The summed E-state index contributed by atoms with van der Waals surface area (Å²) in [6.45, 7) is 0.492. The van der Waals surface area contributed by atoms with E-state index in [1.165, 1.54) is 12.7 Å². The van der Waals surface area contributed by atoms with E-state index in [0.29, 0.717) is 18.9 Å². The number of carbonyl (C=O) groups is 2. The molecular weight excluding hydrogens is 358 g/mol. The molecule has 28 heavy (non-hydrogen) atoms. The van der Waals surface area contributed by atoms with Crippen LogP contribution in [-0.4, -0.2) is 43.6 Å². The van der Waals surface area contributed by atoms with Gasteiger partial charge < -0.3 is 20.5 Å². The van der Waals surface area contributed by atoms with Crippen molar-refractivity contribution >= 4 is 17.7 Å². The Hall–Kier alpha value is -2.41. The van der Waals surface area contributed by atoms with Crippen LogP contribution in [0.4, 0.5) is 0 Å². The van der Waals surface area contributed by atoms with E-state index in [4.69, 9.17) is 15.9 Å². The molecule has 2 aliphatic rings. The molecule has 7 nitrogen and oxygen atoms in total. The SMILES string of the molecule is COC(=O)C[C@@H]1C[C@@H](COC2CCC(c3ccc(C(=N)N)cc3)CC2)NC1=O. The van der Waals surface area contributed by atoms with Crippen LogP contribution in [0.25, 0.3) is 0 Å². The molecule has 1 aromatic carbocycles. The Morgan fingerprint density at radius 3 is 2.50 bits per heavy atom. The summed E-state index contributed by atoms with van der Waals surface area (Å²) in [4.78, 5) is 23.3. The zero-order valence-corrected chi connectivity index (χ0v) is 16.3. The maximum atomic E-state index is 12.0. The van der Waals surface area contributed by atoms with E-state index in [-0.39, 0.29) is 42.2 Å². The van der Waals surface area contributed by atoms with Crippen LogP contribution in [0.1, 0.15) is 55.6 Å². The molecule has 4 N–H and O–H groups in total. The smallest absolute Gasteiger partial charge is 0.306 e. The predicted octanol–water partition coefficient (Wildman–Crippen LogP) is 2.08. The van der Waals surface area contributed by atoms with Gasteiger partial charge in [-0.2, -0.15) is 0 Å². The minimum atomic E-state index is -0.351. The van der Waals surface area contributed by atoms with Crippen LogP contribution in [0.3, 0.4) is 0 Å². The molecular formula is C21H29N3O4. The van der Waals surface area contributed by atoms with E-state index in [0.717, 1.165) is 31.2 Å². The molecule has 152 valence electrons. The van der Waals surface area contributed by atoms with E-state index in [2.05, 4.69) is 22.2 Å². The Balaban J connectivity index is 1.41. The molecule has 1 heterocycles. The first kappa shape index (κ1) is 20.3. The Kier molecular flexibility index (Phi) is 6.67. The van der Waals surface area contributed by atoms with Gasteiger partial charge in [-0.1, -0.05) is 24.3 Å². The van der Waals surface area contributed by atoms with Crippen LogP contribution in [-0.2, 0) is 19.1 Å². The number of nitrogens with two attached hydrogens (primary N) is 1. The number of esters is 1. The lowest BCUT2D eigenvalue weighted by Crippen LogP contribution is -2.33. The standard InChI is InChI=1S/C21H29N3O4/c1-27-19(25)11-16-10-17(24-21(16)26)12-28-18-8-6-14(7-9-18)13-2-4-15(5-3-13)20(22)23/h2-5,14,16-18H,6-12H2,1H3,(H3,22,23)(H,24,26)/t14?,16-,17-,18?/m0/s1. The van der Waals surface area contributed by atoms with Gasteiger partial charge in [0.25, 0.3) is 0 Å². The van der Waals surface area contributed by atoms with E-state index in [1.54, 1.807) is 0 Å². The van der Waals surface area contributed by atoms with Gasteiger partial charge in [-0.25, -0.2) is 0 Å². The van der Waals surface area contributed by atoms with Crippen molar-refractivity contribution in [2.24, 2.45) is 11.7 Å². The fourth-order valence-electron chi connectivity index (χ4n) is 4.15.